The molecule has 1 aliphatic carbocycles. The van der Waals surface area contributed by atoms with Crippen LogP contribution in [0.15, 0.2) is 18.2 Å². The molecule has 1 fully saturated rings. The Bertz CT molecular complexity index is 572. The van der Waals surface area contributed by atoms with Gasteiger partial charge in [0.05, 0.1) is 11.4 Å². The van der Waals surface area contributed by atoms with Gasteiger partial charge in [-0.2, -0.15) is 0 Å². The Morgan fingerprint density at radius 2 is 2.18 bits per heavy atom. The van der Waals surface area contributed by atoms with Gasteiger partial charge in [0.25, 0.3) is 0 Å². The van der Waals surface area contributed by atoms with E-state index in [2.05, 4.69) is 10.3 Å². The summed E-state index contributed by atoms with van der Waals surface area (Å²) in [4.78, 5) is 0. The minimum absolute atomic E-state index is 0.503. The van der Waals surface area contributed by atoms with E-state index in [1.54, 1.807) is 0 Å². The second-order valence-electron chi connectivity index (χ2n) is 4.48. The number of benzene rings is 1. The van der Waals surface area contributed by atoms with Crippen LogP contribution in [0.2, 0.25) is 5.02 Å². The number of hydrogen-bond donors (Lipinski definition) is 1. The molecule has 3 rings (SSSR count). The monoisotopic (exact) mass is 248 g/mol. The van der Waals surface area contributed by atoms with Crippen LogP contribution in [0, 0.1) is 6.92 Å². The van der Waals surface area contributed by atoms with Gasteiger partial charge in [0.15, 0.2) is 5.82 Å². The summed E-state index contributed by atoms with van der Waals surface area (Å²) < 4.78 is 1.83. The quantitative estimate of drug-likeness (QED) is 0.889. The number of nitrogen functional groups attached to an aromatic ring is 1. The molecule has 0 saturated heterocycles. The van der Waals surface area contributed by atoms with Gasteiger partial charge in [-0.05, 0) is 37.5 Å². The fourth-order valence-corrected chi connectivity index (χ4v) is 2.19. The maximum absolute atomic E-state index is 6.03. The van der Waals surface area contributed by atoms with Gasteiger partial charge in [-0.25, -0.2) is 4.68 Å². The summed E-state index contributed by atoms with van der Waals surface area (Å²) >= 11 is 6.03. The molecule has 5 heteroatoms. The van der Waals surface area contributed by atoms with Gasteiger partial charge in [0.1, 0.15) is 0 Å². The summed E-state index contributed by atoms with van der Waals surface area (Å²) in [6.45, 7) is 2.03. The molecule has 0 amide bonds. The van der Waals surface area contributed by atoms with Crippen LogP contribution in [0.25, 0.3) is 5.69 Å². The Kier molecular flexibility index (Phi) is 2.33. The molecule has 1 aliphatic rings. The maximum atomic E-state index is 6.03. The van der Waals surface area contributed by atoms with E-state index in [0.29, 0.717) is 16.8 Å². The normalized spacial score (nSPS) is 15.2. The third-order valence-electron chi connectivity index (χ3n) is 3.10. The molecule has 0 radical (unpaired) electrons. The molecule has 4 nitrogen and oxygen atoms in total. The number of nitrogens with two attached hydrogens (primary N) is 1. The summed E-state index contributed by atoms with van der Waals surface area (Å²) in [5.41, 5.74) is 8.98. The van der Waals surface area contributed by atoms with Crippen molar-refractivity contribution in [1.82, 2.24) is 15.0 Å². The van der Waals surface area contributed by atoms with Crippen LogP contribution in [-0.4, -0.2) is 15.0 Å². The largest absolute Gasteiger partial charge is 0.381 e. The van der Waals surface area contributed by atoms with Crippen LogP contribution in [-0.2, 0) is 0 Å². The zero-order valence-corrected chi connectivity index (χ0v) is 10.3. The molecule has 0 atom stereocenters. The molecular formula is C12H13ClN4. The van der Waals surface area contributed by atoms with Crippen molar-refractivity contribution in [1.29, 1.82) is 0 Å². The van der Waals surface area contributed by atoms with Gasteiger partial charge >= 0.3 is 0 Å². The Hall–Kier alpha value is -1.55. The van der Waals surface area contributed by atoms with Crippen molar-refractivity contribution in [3.63, 3.8) is 0 Å². The lowest BCUT2D eigenvalue weighted by Gasteiger charge is -2.09. The van der Waals surface area contributed by atoms with E-state index in [1.165, 1.54) is 0 Å². The molecule has 1 heterocycles. The smallest absolute Gasteiger partial charge is 0.169 e. The van der Waals surface area contributed by atoms with Crippen LogP contribution in [0.5, 0.6) is 0 Å². The molecule has 0 bridgehead atoms. The van der Waals surface area contributed by atoms with Gasteiger partial charge < -0.3 is 5.73 Å². The molecule has 2 N–H and O–H groups in total. The number of nitrogens with zero attached hydrogens (tertiary/aromatic N) is 3. The van der Waals surface area contributed by atoms with E-state index in [0.717, 1.165) is 29.8 Å². The van der Waals surface area contributed by atoms with Crippen LogP contribution >= 0.6 is 11.6 Å². The molecule has 1 aromatic heterocycles. The highest BCUT2D eigenvalue weighted by molar-refractivity contribution is 6.30. The fourth-order valence-electron chi connectivity index (χ4n) is 2.03. The summed E-state index contributed by atoms with van der Waals surface area (Å²) in [5.74, 6) is 1.04. The molecule has 0 spiro atoms. The van der Waals surface area contributed by atoms with Crippen molar-refractivity contribution in [2.24, 2.45) is 0 Å². The predicted molar refractivity (Wildman–Crippen MR) is 67.5 cm³/mol. The molecule has 17 heavy (non-hydrogen) atoms. The number of aryl methyl sites for hydroxylation is 1. The topological polar surface area (TPSA) is 56.7 Å². The highest BCUT2D eigenvalue weighted by Gasteiger charge is 2.31. The molecule has 0 unspecified atom stereocenters. The van der Waals surface area contributed by atoms with Crippen LogP contribution in [0.4, 0.5) is 5.82 Å². The third kappa shape index (κ3) is 1.78. The fraction of sp³-hybridized carbons (Fsp3) is 0.333. The van der Waals surface area contributed by atoms with E-state index in [4.69, 9.17) is 17.3 Å². The summed E-state index contributed by atoms with van der Waals surface area (Å²) in [7, 11) is 0. The van der Waals surface area contributed by atoms with Crippen molar-refractivity contribution in [3.05, 3.63) is 34.5 Å². The Morgan fingerprint density at radius 3 is 2.88 bits per heavy atom. The van der Waals surface area contributed by atoms with Crippen LogP contribution < -0.4 is 5.73 Å². The second kappa shape index (κ2) is 3.74. The van der Waals surface area contributed by atoms with E-state index in [9.17, 15) is 0 Å². The lowest BCUT2D eigenvalue weighted by atomic mass is 10.2. The third-order valence-corrected chi connectivity index (χ3v) is 3.33. The average Bonchev–Trinajstić information content (AvgIpc) is 3.06. The van der Waals surface area contributed by atoms with Crippen molar-refractivity contribution >= 4 is 17.4 Å². The first-order valence-electron chi connectivity index (χ1n) is 5.64. The Morgan fingerprint density at radius 1 is 1.41 bits per heavy atom. The maximum Gasteiger partial charge on any atom is 0.169 e. The number of halogens is 1. The molecule has 88 valence electrons. The zero-order chi connectivity index (χ0) is 12.0. The zero-order valence-electron chi connectivity index (χ0n) is 9.52. The first-order chi connectivity index (χ1) is 8.16. The van der Waals surface area contributed by atoms with Gasteiger partial charge in [-0.1, -0.05) is 22.9 Å². The Labute approximate surface area is 104 Å². The summed E-state index contributed by atoms with van der Waals surface area (Å²) in [5, 5.41) is 8.80. The minimum Gasteiger partial charge on any atom is -0.381 e. The summed E-state index contributed by atoms with van der Waals surface area (Å²) in [6, 6.07) is 5.75. The molecule has 2 aromatic rings. The number of aromatic nitrogens is 3. The Balaban J connectivity index is 2.17. The summed E-state index contributed by atoms with van der Waals surface area (Å²) in [6.07, 6.45) is 2.33. The van der Waals surface area contributed by atoms with Crippen molar-refractivity contribution in [3.8, 4) is 5.69 Å². The highest BCUT2D eigenvalue weighted by Crippen LogP contribution is 2.43. The van der Waals surface area contributed by atoms with Crippen molar-refractivity contribution < 1.29 is 0 Å². The van der Waals surface area contributed by atoms with Gasteiger partial charge in [0.2, 0.25) is 0 Å². The lowest BCUT2D eigenvalue weighted by Crippen LogP contribution is -2.04. The van der Waals surface area contributed by atoms with Gasteiger partial charge in [-0.3, -0.25) is 0 Å². The molecular weight excluding hydrogens is 236 g/mol. The first-order valence-corrected chi connectivity index (χ1v) is 6.02. The predicted octanol–water partition coefficient (Wildman–Crippen LogP) is 2.69. The van der Waals surface area contributed by atoms with E-state index in [-0.39, 0.29) is 0 Å². The van der Waals surface area contributed by atoms with Gasteiger partial charge in [0, 0.05) is 10.9 Å². The number of rotatable bonds is 2. The van der Waals surface area contributed by atoms with E-state index in [1.807, 2.05) is 29.8 Å². The molecule has 0 aliphatic heterocycles. The molecule has 1 saturated carbocycles. The van der Waals surface area contributed by atoms with Crippen LogP contribution in [0.1, 0.15) is 30.0 Å². The van der Waals surface area contributed by atoms with Crippen molar-refractivity contribution in [2.75, 3.05) is 5.73 Å². The number of hydrogen-bond acceptors (Lipinski definition) is 3. The average molecular weight is 249 g/mol. The second-order valence-corrected chi connectivity index (χ2v) is 4.91. The van der Waals surface area contributed by atoms with Crippen LogP contribution in [0.3, 0.4) is 0 Å². The van der Waals surface area contributed by atoms with E-state index < -0.39 is 0 Å². The SMILES string of the molecule is Cc1ccc(Cl)cc1-n1nnc(N)c1C1CC1. The van der Waals surface area contributed by atoms with Crippen molar-refractivity contribution in [2.45, 2.75) is 25.7 Å². The highest BCUT2D eigenvalue weighted by atomic mass is 35.5. The number of anilines is 1. The van der Waals surface area contributed by atoms with E-state index >= 15 is 0 Å². The lowest BCUT2D eigenvalue weighted by molar-refractivity contribution is 0.759. The van der Waals surface area contributed by atoms with Gasteiger partial charge in [-0.15, -0.1) is 5.10 Å². The first kappa shape index (κ1) is 10.6. The molecule has 1 aromatic carbocycles. The minimum atomic E-state index is 0.503. The standard InChI is InChI=1S/C12H13ClN4/c1-7-2-5-9(13)6-10(7)17-11(8-3-4-8)12(14)15-16-17/h2,5-6,8H,3-4,14H2,1H3.